The zero-order valence-corrected chi connectivity index (χ0v) is 8.23. The van der Waals surface area contributed by atoms with Gasteiger partial charge in [-0.25, -0.2) is 0 Å². The minimum absolute atomic E-state index is 0.0124. The van der Waals surface area contributed by atoms with Crippen LogP contribution in [0.25, 0.3) is 0 Å². The van der Waals surface area contributed by atoms with Crippen LogP contribution in [0.15, 0.2) is 0 Å². The molecule has 0 aromatic heterocycles. The molecule has 3 nitrogen and oxygen atoms in total. The number of carbonyl (C=O) groups excluding carboxylic acids is 1. The lowest BCUT2D eigenvalue weighted by Crippen LogP contribution is -1.95. The fourth-order valence-corrected chi connectivity index (χ4v) is 0.512. The van der Waals surface area contributed by atoms with E-state index in [1.165, 1.54) is 6.42 Å². The highest BCUT2D eigenvalue weighted by atomic mass is 35.5. The standard InChI is InChI=1S/C5H7ClO3.C3H8/c6-4(7)2-1-3-5(8)9;1-3-2/h1-3H2,(H,8,9);3H2,1-2H3. The minimum Gasteiger partial charge on any atom is -0.481 e. The molecule has 4 heteroatoms. The van der Waals surface area contributed by atoms with Crippen molar-refractivity contribution in [2.24, 2.45) is 0 Å². The molecule has 0 aliphatic rings. The number of rotatable bonds is 4. The third kappa shape index (κ3) is 22.7. The van der Waals surface area contributed by atoms with E-state index in [0.717, 1.165) is 0 Å². The molecule has 0 rings (SSSR count). The van der Waals surface area contributed by atoms with Crippen LogP contribution < -0.4 is 0 Å². The van der Waals surface area contributed by atoms with Gasteiger partial charge in [0.25, 0.3) is 0 Å². The molecule has 1 N–H and O–H groups in total. The SMILES string of the molecule is CCC.O=C(O)CCCC(=O)Cl. The molecular weight excluding hydrogens is 180 g/mol. The molecule has 0 unspecified atom stereocenters. The molecule has 0 spiro atoms. The molecule has 0 aliphatic heterocycles. The van der Waals surface area contributed by atoms with Crippen molar-refractivity contribution in [3.63, 3.8) is 0 Å². The van der Waals surface area contributed by atoms with Gasteiger partial charge in [-0.05, 0) is 18.0 Å². The topological polar surface area (TPSA) is 54.4 Å². The Morgan fingerprint density at radius 1 is 1.25 bits per heavy atom. The fraction of sp³-hybridized carbons (Fsp3) is 0.750. The lowest BCUT2D eigenvalue weighted by Gasteiger charge is -1.88. The molecule has 0 saturated carbocycles. The first kappa shape index (κ1) is 14.0. The zero-order chi connectivity index (χ0) is 9.98. The summed E-state index contributed by atoms with van der Waals surface area (Å²) in [5, 5.41) is 7.60. The fourth-order valence-electron chi connectivity index (χ4n) is 0.379. The second kappa shape index (κ2) is 10.4. The van der Waals surface area contributed by atoms with Crippen molar-refractivity contribution < 1.29 is 14.7 Å². The number of halogens is 1. The summed E-state index contributed by atoms with van der Waals surface area (Å²) in [6, 6.07) is 0. The van der Waals surface area contributed by atoms with Crippen LogP contribution in [0.2, 0.25) is 0 Å². The second-order valence-corrected chi connectivity index (χ2v) is 2.73. The first-order valence-corrected chi connectivity index (χ1v) is 4.32. The summed E-state index contributed by atoms with van der Waals surface area (Å²) in [5.74, 6) is -0.895. The predicted octanol–water partition coefficient (Wildman–Crippen LogP) is 2.42. The maximum absolute atomic E-state index is 10.00. The van der Waals surface area contributed by atoms with Crippen molar-refractivity contribution in [3.05, 3.63) is 0 Å². The van der Waals surface area contributed by atoms with Crippen LogP contribution in [-0.4, -0.2) is 16.3 Å². The van der Waals surface area contributed by atoms with Gasteiger partial charge < -0.3 is 5.11 Å². The first-order valence-electron chi connectivity index (χ1n) is 3.94. The van der Waals surface area contributed by atoms with Crippen molar-refractivity contribution in [1.82, 2.24) is 0 Å². The Balaban J connectivity index is 0. The number of hydrogen-bond donors (Lipinski definition) is 1. The normalized spacial score (nSPS) is 8.25. The molecule has 0 fully saturated rings. The Hall–Kier alpha value is -0.570. The van der Waals surface area contributed by atoms with E-state index < -0.39 is 11.2 Å². The molecule has 0 radical (unpaired) electrons. The average Bonchev–Trinajstić information content (AvgIpc) is 1.87. The van der Waals surface area contributed by atoms with E-state index in [2.05, 4.69) is 13.8 Å². The number of carbonyl (C=O) groups is 2. The first-order chi connectivity index (χ1) is 5.54. The van der Waals surface area contributed by atoms with Gasteiger partial charge in [0.05, 0.1) is 0 Å². The van der Waals surface area contributed by atoms with Crippen LogP contribution in [-0.2, 0) is 9.59 Å². The number of carboxylic acids is 1. The molecule has 0 atom stereocenters. The molecule has 72 valence electrons. The van der Waals surface area contributed by atoms with Gasteiger partial charge in [0.15, 0.2) is 0 Å². The van der Waals surface area contributed by atoms with Crippen molar-refractivity contribution in [2.45, 2.75) is 39.5 Å². The molecule has 0 amide bonds. The van der Waals surface area contributed by atoms with Crippen LogP contribution >= 0.6 is 11.6 Å². The van der Waals surface area contributed by atoms with Crippen molar-refractivity contribution in [3.8, 4) is 0 Å². The summed E-state index contributed by atoms with van der Waals surface area (Å²) in [7, 11) is 0. The van der Waals surface area contributed by atoms with Crippen molar-refractivity contribution >= 4 is 22.8 Å². The Morgan fingerprint density at radius 2 is 1.67 bits per heavy atom. The lowest BCUT2D eigenvalue weighted by atomic mass is 10.2. The molecule has 0 aromatic carbocycles. The van der Waals surface area contributed by atoms with E-state index in [-0.39, 0.29) is 12.8 Å². The number of aliphatic carboxylic acids is 1. The highest BCUT2D eigenvalue weighted by Gasteiger charge is 1.99. The highest BCUT2D eigenvalue weighted by molar-refractivity contribution is 6.63. The highest BCUT2D eigenvalue weighted by Crippen LogP contribution is 1.97. The van der Waals surface area contributed by atoms with Crippen LogP contribution in [0.5, 0.6) is 0 Å². The van der Waals surface area contributed by atoms with Crippen molar-refractivity contribution in [1.29, 1.82) is 0 Å². The number of carboxylic acid groups (broad SMARTS) is 1. The van der Waals surface area contributed by atoms with E-state index in [9.17, 15) is 9.59 Å². The molecule has 0 aromatic rings. The molecular formula is C8H15ClO3. The summed E-state index contributed by atoms with van der Waals surface area (Å²) < 4.78 is 0. The van der Waals surface area contributed by atoms with Gasteiger partial charge >= 0.3 is 5.97 Å². The van der Waals surface area contributed by atoms with E-state index in [1.54, 1.807) is 0 Å². The Kier molecular flexibility index (Phi) is 12.2. The Bertz CT molecular complexity index is 120. The summed E-state index contributed by atoms with van der Waals surface area (Å²) in [6.07, 6.45) is 1.74. The maximum atomic E-state index is 10.00. The van der Waals surface area contributed by atoms with E-state index >= 15 is 0 Å². The molecule has 0 saturated heterocycles. The Morgan fingerprint density at radius 3 is 1.92 bits per heavy atom. The summed E-state index contributed by atoms with van der Waals surface area (Å²) >= 11 is 4.93. The van der Waals surface area contributed by atoms with Crippen LogP contribution in [0.4, 0.5) is 0 Å². The summed E-state index contributed by atoms with van der Waals surface area (Å²) in [4.78, 5) is 19.8. The van der Waals surface area contributed by atoms with E-state index in [4.69, 9.17) is 16.7 Å². The molecule has 0 bridgehead atoms. The van der Waals surface area contributed by atoms with Gasteiger partial charge in [0.1, 0.15) is 0 Å². The lowest BCUT2D eigenvalue weighted by molar-refractivity contribution is -0.137. The predicted molar refractivity (Wildman–Crippen MR) is 48.3 cm³/mol. The van der Waals surface area contributed by atoms with Crippen LogP contribution in [0, 0.1) is 0 Å². The number of hydrogen-bond acceptors (Lipinski definition) is 2. The van der Waals surface area contributed by atoms with Gasteiger partial charge in [0, 0.05) is 12.8 Å². The van der Waals surface area contributed by atoms with Gasteiger partial charge in [-0.2, -0.15) is 0 Å². The third-order valence-electron chi connectivity index (χ3n) is 0.764. The van der Waals surface area contributed by atoms with E-state index in [1.807, 2.05) is 0 Å². The Labute approximate surface area is 77.7 Å². The van der Waals surface area contributed by atoms with Gasteiger partial charge in [-0.15, -0.1) is 0 Å². The van der Waals surface area contributed by atoms with Gasteiger partial charge in [-0.1, -0.05) is 20.3 Å². The third-order valence-corrected chi connectivity index (χ3v) is 0.953. The quantitative estimate of drug-likeness (QED) is 0.700. The van der Waals surface area contributed by atoms with Crippen LogP contribution in [0.1, 0.15) is 39.5 Å². The van der Waals surface area contributed by atoms with E-state index in [0.29, 0.717) is 6.42 Å². The van der Waals surface area contributed by atoms with Crippen molar-refractivity contribution in [2.75, 3.05) is 0 Å². The second-order valence-electron chi connectivity index (χ2n) is 2.31. The van der Waals surface area contributed by atoms with Gasteiger partial charge in [-0.3, -0.25) is 9.59 Å². The summed E-state index contributed by atoms with van der Waals surface area (Å²) in [6.45, 7) is 4.25. The molecule has 0 heterocycles. The van der Waals surface area contributed by atoms with Crippen LogP contribution in [0.3, 0.4) is 0 Å². The zero-order valence-electron chi connectivity index (χ0n) is 7.47. The largest absolute Gasteiger partial charge is 0.481 e. The maximum Gasteiger partial charge on any atom is 0.303 e. The average molecular weight is 195 g/mol. The molecule has 12 heavy (non-hydrogen) atoms. The molecule has 0 aliphatic carbocycles. The smallest absolute Gasteiger partial charge is 0.303 e. The summed E-state index contributed by atoms with van der Waals surface area (Å²) in [5.41, 5.74) is 0. The monoisotopic (exact) mass is 194 g/mol. The minimum atomic E-state index is -0.895. The van der Waals surface area contributed by atoms with Gasteiger partial charge in [0.2, 0.25) is 5.24 Å².